The Morgan fingerprint density at radius 3 is 1.95 bits per heavy atom. The van der Waals surface area contributed by atoms with E-state index >= 15 is 0 Å². The number of benzene rings is 1. The average molecular weight is 281 g/mol. The second kappa shape index (κ2) is 7.39. The molecule has 114 valence electrons. The zero-order valence-electron chi connectivity index (χ0n) is 13.5. The van der Waals surface area contributed by atoms with Crippen LogP contribution in [0.1, 0.15) is 39.2 Å². The summed E-state index contributed by atoms with van der Waals surface area (Å²) in [5, 5.41) is 3.56. The number of hydrogen-bond donors (Lipinski definition) is 1. The van der Waals surface area contributed by atoms with E-state index in [0.29, 0.717) is 17.2 Å². The molecule has 1 aromatic carbocycles. The van der Waals surface area contributed by atoms with Crippen LogP contribution in [0.5, 0.6) is 17.2 Å². The summed E-state index contributed by atoms with van der Waals surface area (Å²) in [6.45, 7) is 7.40. The average Bonchev–Trinajstić information content (AvgIpc) is 2.43. The lowest BCUT2D eigenvalue weighted by Gasteiger charge is -2.26. The molecule has 0 spiro atoms. The first-order valence-corrected chi connectivity index (χ1v) is 7.01. The SMILES string of the molecule is CCCC(C)(C)NCc1cc(OC)c(OC)c(OC)c1. The topological polar surface area (TPSA) is 39.7 Å². The summed E-state index contributed by atoms with van der Waals surface area (Å²) in [5.74, 6) is 2.01. The minimum atomic E-state index is 0.120. The molecule has 0 amide bonds. The highest BCUT2D eigenvalue weighted by Crippen LogP contribution is 2.38. The highest BCUT2D eigenvalue weighted by molar-refractivity contribution is 5.53. The Bertz CT molecular complexity index is 405. The van der Waals surface area contributed by atoms with E-state index in [1.165, 1.54) is 0 Å². The van der Waals surface area contributed by atoms with Gasteiger partial charge < -0.3 is 19.5 Å². The van der Waals surface area contributed by atoms with Crippen molar-refractivity contribution in [3.63, 3.8) is 0 Å². The maximum atomic E-state index is 5.37. The predicted molar refractivity (Wildman–Crippen MR) is 81.9 cm³/mol. The molecule has 0 aliphatic carbocycles. The molecular weight excluding hydrogens is 254 g/mol. The second-order valence-electron chi connectivity index (χ2n) is 5.52. The highest BCUT2D eigenvalue weighted by atomic mass is 16.5. The van der Waals surface area contributed by atoms with Crippen molar-refractivity contribution in [1.29, 1.82) is 0 Å². The van der Waals surface area contributed by atoms with E-state index in [9.17, 15) is 0 Å². The summed E-state index contributed by atoms with van der Waals surface area (Å²) in [4.78, 5) is 0. The van der Waals surface area contributed by atoms with Gasteiger partial charge in [0.1, 0.15) is 0 Å². The second-order valence-corrected chi connectivity index (χ2v) is 5.52. The molecule has 1 aromatic rings. The predicted octanol–water partition coefficient (Wildman–Crippen LogP) is 3.38. The van der Waals surface area contributed by atoms with Gasteiger partial charge in [-0.2, -0.15) is 0 Å². The van der Waals surface area contributed by atoms with Gasteiger partial charge in [0.2, 0.25) is 5.75 Å². The molecule has 0 saturated carbocycles. The van der Waals surface area contributed by atoms with E-state index in [-0.39, 0.29) is 5.54 Å². The third-order valence-electron chi connectivity index (χ3n) is 3.37. The largest absolute Gasteiger partial charge is 0.493 e. The van der Waals surface area contributed by atoms with E-state index in [1.807, 2.05) is 12.1 Å². The molecule has 0 radical (unpaired) electrons. The van der Waals surface area contributed by atoms with Gasteiger partial charge in [-0.25, -0.2) is 0 Å². The van der Waals surface area contributed by atoms with Crippen molar-refractivity contribution in [2.24, 2.45) is 0 Å². The summed E-state index contributed by atoms with van der Waals surface area (Å²) < 4.78 is 16.1. The van der Waals surface area contributed by atoms with E-state index in [0.717, 1.165) is 24.9 Å². The smallest absolute Gasteiger partial charge is 0.203 e. The van der Waals surface area contributed by atoms with Crippen LogP contribution in [0.4, 0.5) is 0 Å². The number of rotatable bonds is 8. The van der Waals surface area contributed by atoms with Gasteiger partial charge in [-0.05, 0) is 38.0 Å². The van der Waals surface area contributed by atoms with Crippen molar-refractivity contribution in [1.82, 2.24) is 5.32 Å². The molecule has 0 heterocycles. The van der Waals surface area contributed by atoms with Crippen molar-refractivity contribution in [3.05, 3.63) is 17.7 Å². The van der Waals surface area contributed by atoms with Gasteiger partial charge in [0.25, 0.3) is 0 Å². The van der Waals surface area contributed by atoms with Crippen molar-refractivity contribution in [2.45, 2.75) is 45.7 Å². The molecule has 0 bridgehead atoms. The van der Waals surface area contributed by atoms with Crippen LogP contribution >= 0.6 is 0 Å². The van der Waals surface area contributed by atoms with Crippen molar-refractivity contribution in [3.8, 4) is 17.2 Å². The lowest BCUT2D eigenvalue weighted by Crippen LogP contribution is -2.38. The molecule has 0 aliphatic rings. The molecule has 0 saturated heterocycles. The number of methoxy groups -OCH3 is 3. The summed E-state index contributed by atoms with van der Waals surface area (Å²) in [6.07, 6.45) is 2.30. The van der Waals surface area contributed by atoms with E-state index in [1.54, 1.807) is 21.3 Å². The van der Waals surface area contributed by atoms with Gasteiger partial charge in [-0.1, -0.05) is 13.3 Å². The van der Waals surface area contributed by atoms with Crippen molar-refractivity contribution in [2.75, 3.05) is 21.3 Å². The van der Waals surface area contributed by atoms with Crippen LogP contribution in [-0.4, -0.2) is 26.9 Å². The van der Waals surface area contributed by atoms with Crippen LogP contribution in [0.3, 0.4) is 0 Å². The molecule has 1 N–H and O–H groups in total. The van der Waals surface area contributed by atoms with Gasteiger partial charge in [-0.3, -0.25) is 0 Å². The molecule has 0 fully saturated rings. The first kappa shape index (κ1) is 16.6. The Morgan fingerprint density at radius 2 is 1.55 bits per heavy atom. The molecule has 4 nitrogen and oxygen atoms in total. The zero-order chi connectivity index (χ0) is 15.2. The van der Waals surface area contributed by atoms with Crippen LogP contribution in [0.15, 0.2) is 12.1 Å². The third kappa shape index (κ3) is 4.30. The van der Waals surface area contributed by atoms with Crippen LogP contribution in [-0.2, 0) is 6.54 Å². The van der Waals surface area contributed by atoms with Crippen molar-refractivity contribution < 1.29 is 14.2 Å². The minimum Gasteiger partial charge on any atom is -0.493 e. The molecule has 0 aromatic heterocycles. The molecule has 0 aliphatic heterocycles. The molecule has 1 rings (SSSR count). The van der Waals surface area contributed by atoms with E-state index in [2.05, 4.69) is 26.1 Å². The fraction of sp³-hybridized carbons (Fsp3) is 0.625. The first-order chi connectivity index (χ1) is 9.47. The quantitative estimate of drug-likeness (QED) is 0.793. The standard InChI is InChI=1S/C16H27NO3/c1-7-8-16(2,3)17-11-12-9-13(18-4)15(20-6)14(10-12)19-5/h9-10,17H,7-8,11H2,1-6H3. The lowest BCUT2D eigenvalue weighted by atomic mass is 9.98. The zero-order valence-corrected chi connectivity index (χ0v) is 13.5. The van der Waals surface area contributed by atoms with Gasteiger partial charge in [0.05, 0.1) is 21.3 Å². The van der Waals surface area contributed by atoms with E-state index in [4.69, 9.17) is 14.2 Å². The summed E-state index contributed by atoms with van der Waals surface area (Å²) >= 11 is 0. The molecule has 4 heteroatoms. The minimum absolute atomic E-state index is 0.120. The third-order valence-corrected chi connectivity index (χ3v) is 3.37. The molecule has 0 atom stereocenters. The molecule has 0 unspecified atom stereocenters. The fourth-order valence-electron chi connectivity index (χ4n) is 2.29. The van der Waals surface area contributed by atoms with Crippen LogP contribution in [0, 0.1) is 0 Å². The normalized spacial score (nSPS) is 11.3. The maximum Gasteiger partial charge on any atom is 0.203 e. The lowest BCUT2D eigenvalue weighted by molar-refractivity contribution is 0.322. The monoisotopic (exact) mass is 281 g/mol. The molecule has 20 heavy (non-hydrogen) atoms. The maximum absolute atomic E-state index is 5.37. The van der Waals surface area contributed by atoms with Gasteiger partial charge in [0.15, 0.2) is 11.5 Å². The molecular formula is C16H27NO3. The Kier molecular flexibility index (Phi) is 6.14. The summed E-state index contributed by atoms with van der Waals surface area (Å²) in [5.41, 5.74) is 1.23. The van der Waals surface area contributed by atoms with Crippen LogP contribution in [0.2, 0.25) is 0 Å². The number of hydrogen-bond acceptors (Lipinski definition) is 4. The van der Waals surface area contributed by atoms with E-state index < -0.39 is 0 Å². The Morgan fingerprint density at radius 1 is 1.00 bits per heavy atom. The summed E-state index contributed by atoms with van der Waals surface area (Å²) in [6, 6.07) is 3.97. The Labute approximate surface area is 122 Å². The number of ether oxygens (including phenoxy) is 3. The Hall–Kier alpha value is -1.42. The first-order valence-electron chi connectivity index (χ1n) is 7.01. The van der Waals surface area contributed by atoms with Gasteiger partial charge >= 0.3 is 0 Å². The fourth-order valence-corrected chi connectivity index (χ4v) is 2.29. The van der Waals surface area contributed by atoms with Gasteiger partial charge in [0, 0.05) is 12.1 Å². The highest BCUT2D eigenvalue weighted by Gasteiger charge is 2.17. The Balaban J connectivity index is 2.91. The van der Waals surface area contributed by atoms with Crippen LogP contribution < -0.4 is 19.5 Å². The summed E-state index contributed by atoms with van der Waals surface area (Å²) in [7, 11) is 4.88. The van der Waals surface area contributed by atoms with Crippen molar-refractivity contribution >= 4 is 0 Å². The van der Waals surface area contributed by atoms with Crippen LogP contribution in [0.25, 0.3) is 0 Å². The van der Waals surface area contributed by atoms with Gasteiger partial charge in [-0.15, -0.1) is 0 Å². The number of nitrogens with one attached hydrogen (secondary N) is 1.